The van der Waals surface area contributed by atoms with Crippen molar-refractivity contribution in [2.45, 2.75) is 0 Å². The van der Waals surface area contributed by atoms with Crippen molar-refractivity contribution < 1.29 is 9.59 Å². The van der Waals surface area contributed by atoms with Crippen LogP contribution in [0.2, 0.25) is 0 Å². The lowest BCUT2D eigenvalue weighted by Crippen LogP contribution is -2.32. The molecule has 2 aromatic carbocycles. The van der Waals surface area contributed by atoms with Crippen LogP contribution in [0.25, 0.3) is 28.2 Å². The third kappa shape index (κ3) is 4.10. The normalized spacial score (nSPS) is 17.3. The maximum atomic E-state index is 13.0. The van der Waals surface area contributed by atoms with Gasteiger partial charge in [-0.3, -0.25) is 19.7 Å². The highest BCUT2D eigenvalue weighted by atomic mass is 16.2. The van der Waals surface area contributed by atoms with Crippen molar-refractivity contribution in [1.29, 1.82) is 0 Å². The molecule has 0 radical (unpaired) electrons. The number of H-pyrrole nitrogens is 1. The summed E-state index contributed by atoms with van der Waals surface area (Å²) in [6.45, 7) is 1.73. The van der Waals surface area contributed by atoms with E-state index < -0.39 is 0 Å². The molecule has 1 saturated heterocycles. The van der Waals surface area contributed by atoms with Crippen molar-refractivity contribution in [3.63, 3.8) is 0 Å². The number of hydrogen-bond donors (Lipinski definition) is 1. The quantitative estimate of drug-likeness (QED) is 0.468. The molecule has 0 unspecified atom stereocenters. The highest BCUT2D eigenvalue weighted by Gasteiger charge is 2.36. The van der Waals surface area contributed by atoms with Gasteiger partial charge in [-0.1, -0.05) is 29.5 Å². The SMILES string of the molecule is O=C(c1ccc2[nH]nnc2c1)N1C=C2CN(C(=O)C=Cc3ccc(-c4ccncc4)cc3)C[C@@H]2C1. The number of nitrogens with one attached hydrogen (secondary N) is 1. The smallest absolute Gasteiger partial charge is 0.257 e. The van der Waals surface area contributed by atoms with E-state index in [1.807, 2.05) is 59.6 Å². The molecule has 4 heterocycles. The number of pyridine rings is 1. The maximum Gasteiger partial charge on any atom is 0.257 e. The zero-order chi connectivity index (χ0) is 23.8. The van der Waals surface area contributed by atoms with Crippen LogP contribution >= 0.6 is 0 Å². The van der Waals surface area contributed by atoms with Crippen LogP contribution in [0, 0.1) is 5.92 Å². The largest absolute Gasteiger partial charge is 0.334 e. The fourth-order valence-corrected chi connectivity index (χ4v) is 4.66. The number of aromatic nitrogens is 4. The molecular weight excluding hydrogens is 440 g/mol. The van der Waals surface area contributed by atoms with E-state index in [4.69, 9.17) is 0 Å². The molecule has 0 aliphatic carbocycles. The van der Waals surface area contributed by atoms with Gasteiger partial charge in [0.05, 0.1) is 5.52 Å². The Hall–Kier alpha value is -4.59. The average molecular weight is 463 g/mol. The lowest BCUT2D eigenvalue weighted by molar-refractivity contribution is -0.125. The molecular formula is C27H22N6O2. The molecule has 172 valence electrons. The molecule has 1 atom stereocenters. The Labute approximate surface area is 201 Å². The first-order valence-electron chi connectivity index (χ1n) is 11.4. The second-order valence-corrected chi connectivity index (χ2v) is 8.81. The topological polar surface area (TPSA) is 95.1 Å². The van der Waals surface area contributed by atoms with E-state index >= 15 is 0 Å². The van der Waals surface area contributed by atoms with E-state index in [1.165, 1.54) is 0 Å². The minimum Gasteiger partial charge on any atom is -0.334 e. The highest BCUT2D eigenvalue weighted by molar-refractivity contribution is 5.98. The Morgan fingerprint density at radius 2 is 1.77 bits per heavy atom. The molecule has 2 aliphatic rings. The molecule has 0 saturated carbocycles. The first-order valence-corrected chi connectivity index (χ1v) is 11.4. The molecule has 1 N–H and O–H groups in total. The summed E-state index contributed by atoms with van der Waals surface area (Å²) in [6, 6.07) is 17.4. The van der Waals surface area contributed by atoms with Crippen molar-refractivity contribution in [2.75, 3.05) is 19.6 Å². The minimum atomic E-state index is -0.0650. The number of carbonyl (C=O) groups is 2. The van der Waals surface area contributed by atoms with Crippen LogP contribution in [0.5, 0.6) is 0 Å². The number of nitrogens with zero attached hydrogens (tertiary/aromatic N) is 5. The van der Waals surface area contributed by atoms with Gasteiger partial charge in [-0.15, -0.1) is 5.10 Å². The summed E-state index contributed by atoms with van der Waals surface area (Å²) in [5.41, 5.74) is 6.34. The number of likely N-dealkylation sites (tertiary alicyclic amines) is 1. The Balaban J connectivity index is 1.08. The van der Waals surface area contributed by atoms with Crippen molar-refractivity contribution in [2.24, 2.45) is 5.92 Å². The zero-order valence-corrected chi connectivity index (χ0v) is 18.8. The zero-order valence-electron chi connectivity index (χ0n) is 18.8. The van der Waals surface area contributed by atoms with Gasteiger partial charge >= 0.3 is 0 Å². The molecule has 8 heteroatoms. The lowest BCUT2D eigenvalue weighted by Gasteiger charge is -2.19. The van der Waals surface area contributed by atoms with E-state index in [9.17, 15) is 9.59 Å². The van der Waals surface area contributed by atoms with Gasteiger partial charge in [0.15, 0.2) is 0 Å². The second kappa shape index (κ2) is 8.64. The predicted molar refractivity (Wildman–Crippen MR) is 132 cm³/mol. The van der Waals surface area contributed by atoms with Gasteiger partial charge in [0.25, 0.3) is 5.91 Å². The van der Waals surface area contributed by atoms with Crippen LogP contribution in [0.3, 0.4) is 0 Å². The van der Waals surface area contributed by atoms with E-state index in [2.05, 4.69) is 20.4 Å². The summed E-state index contributed by atoms with van der Waals surface area (Å²) in [5.74, 6) is 0.0874. The fourth-order valence-electron chi connectivity index (χ4n) is 4.66. The van der Waals surface area contributed by atoms with Gasteiger partial charge in [0, 0.05) is 55.8 Å². The van der Waals surface area contributed by atoms with Gasteiger partial charge < -0.3 is 9.80 Å². The molecule has 0 bridgehead atoms. The highest BCUT2D eigenvalue weighted by Crippen LogP contribution is 2.31. The molecule has 6 rings (SSSR count). The van der Waals surface area contributed by atoms with E-state index in [0.29, 0.717) is 30.7 Å². The Morgan fingerprint density at radius 1 is 0.971 bits per heavy atom. The molecule has 0 spiro atoms. The van der Waals surface area contributed by atoms with Crippen LogP contribution in [0.15, 0.2) is 84.8 Å². The third-order valence-electron chi connectivity index (χ3n) is 6.57. The van der Waals surface area contributed by atoms with Gasteiger partial charge in [0.1, 0.15) is 5.52 Å². The number of benzene rings is 2. The maximum absolute atomic E-state index is 13.0. The standard InChI is InChI=1S/C27H22N6O2/c34-26(8-3-18-1-4-19(5-2-18)20-9-11-28-12-10-20)32-14-22-16-33(17-23(22)15-32)27(35)21-6-7-24-25(13-21)30-31-29-24/h1-13,16,23H,14-15,17H2,(H,29,30,31)/t23-/m1/s1. The number of hydrogen-bond acceptors (Lipinski definition) is 5. The van der Waals surface area contributed by atoms with E-state index in [0.717, 1.165) is 27.8 Å². The monoisotopic (exact) mass is 462 g/mol. The first-order chi connectivity index (χ1) is 17.1. The predicted octanol–water partition coefficient (Wildman–Crippen LogP) is 3.53. The summed E-state index contributed by atoms with van der Waals surface area (Å²) in [4.78, 5) is 33.4. The first kappa shape index (κ1) is 21.0. The van der Waals surface area contributed by atoms with Crippen LogP contribution in [-0.4, -0.2) is 61.6 Å². The second-order valence-electron chi connectivity index (χ2n) is 8.81. The number of rotatable bonds is 4. The summed E-state index contributed by atoms with van der Waals surface area (Å²) in [6.07, 6.45) is 8.91. The number of amides is 2. The van der Waals surface area contributed by atoms with Crippen molar-refractivity contribution in [3.05, 3.63) is 96.0 Å². The van der Waals surface area contributed by atoms with Gasteiger partial charge in [0.2, 0.25) is 5.91 Å². The van der Waals surface area contributed by atoms with Gasteiger partial charge in [-0.2, -0.15) is 0 Å². The van der Waals surface area contributed by atoms with E-state index in [1.54, 1.807) is 35.5 Å². The Bertz CT molecular complexity index is 1470. The number of aromatic amines is 1. The molecule has 2 aromatic heterocycles. The summed E-state index contributed by atoms with van der Waals surface area (Å²) >= 11 is 0. The Morgan fingerprint density at radius 3 is 2.57 bits per heavy atom. The van der Waals surface area contributed by atoms with E-state index in [-0.39, 0.29) is 17.7 Å². The van der Waals surface area contributed by atoms with Crippen molar-refractivity contribution >= 4 is 28.9 Å². The summed E-state index contributed by atoms with van der Waals surface area (Å²) in [7, 11) is 0. The molecule has 4 aromatic rings. The molecule has 2 amide bonds. The van der Waals surface area contributed by atoms with Crippen LogP contribution < -0.4 is 0 Å². The molecule has 1 fully saturated rings. The number of fused-ring (bicyclic) bond motifs is 2. The lowest BCUT2D eigenvalue weighted by atomic mass is 10.1. The average Bonchev–Trinajstić information content (AvgIpc) is 3.62. The Kier molecular flexibility index (Phi) is 5.18. The van der Waals surface area contributed by atoms with Crippen molar-refractivity contribution in [3.8, 4) is 11.1 Å². The van der Waals surface area contributed by atoms with Crippen LogP contribution in [0.4, 0.5) is 0 Å². The van der Waals surface area contributed by atoms with Gasteiger partial charge in [-0.05, 0) is 58.7 Å². The van der Waals surface area contributed by atoms with Crippen LogP contribution in [-0.2, 0) is 4.79 Å². The molecule has 8 nitrogen and oxygen atoms in total. The summed E-state index contributed by atoms with van der Waals surface area (Å²) < 4.78 is 0. The van der Waals surface area contributed by atoms with Crippen LogP contribution in [0.1, 0.15) is 15.9 Å². The third-order valence-corrected chi connectivity index (χ3v) is 6.57. The van der Waals surface area contributed by atoms with Crippen molar-refractivity contribution in [1.82, 2.24) is 30.2 Å². The summed E-state index contributed by atoms with van der Waals surface area (Å²) in [5, 5.41) is 10.5. The molecule has 2 aliphatic heterocycles. The fraction of sp³-hybridized carbons (Fsp3) is 0.148. The molecule has 35 heavy (non-hydrogen) atoms. The van der Waals surface area contributed by atoms with Gasteiger partial charge in [-0.25, -0.2) is 0 Å². The minimum absolute atomic E-state index is 0.0205. The number of carbonyl (C=O) groups excluding carboxylic acids is 2.